The van der Waals surface area contributed by atoms with Gasteiger partial charge in [-0.05, 0) is 25.2 Å². The summed E-state index contributed by atoms with van der Waals surface area (Å²) in [7, 11) is 0. The first-order valence-corrected chi connectivity index (χ1v) is 15.4. The van der Waals surface area contributed by atoms with E-state index in [0.717, 1.165) is 42.6 Å². The summed E-state index contributed by atoms with van der Waals surface area (Å²) in [6.07, 6.45) is 29.0. The Bertz CT molecular complexity index is 801. The minimum absolute atomic E-state index is 0.762. The zero-order valence-corrected chi connectivity index (χ0v) is 23.2. The molecule has 36 heavy (non-hydrogen) atoms. The third-order valence-corrected chi connectivity index (χ3v) is 7.88. The lowest BCUT2D eigenvalue weighted by molar-refractivity contribution is 0.289. The number of aromatic nitrogens is 2. The molecule has 1 fully saturated rings. The van der Waals surface area contributed by atoms with Crippen LogP contribution in [0.4, 0.5) is 0 Å². The van der Waals surface area contributed by atoms with Crippen molar-refractivity contribution >= 4 is 0 Å². The van der Waals surface area contributed by atoms with Crippen molar-refractivity contribution in [3.05, 3.63) is 42.1 Å². The molecule has 1 aliphatic rings. The maximum atomic E-state index is 6.27. The van der Waals surface area contributed by atoms with Crippen molar-refractivity contribution in [2.75, 3.05) is 6.61 Å². The topological polar surface area (TPSA) is 35.0 Å². The Kier molecular flexibility index (Phi) is 14.6. The summed E-state index contributed by atoms with van der Waals surface area (Å²) in [5.41, 5.74) is 2.23. The summed E-state index contributed by atoms with van der Waals surface area (Å²) in [5.74, 6) is 2.63. The van der Waals surface area contributed by atoms with Gasteiger partial charge in [0.2, 0.25) is 5.88 Å². The second-order valence-electron chi connectivity index (χ2n) is 11.0. The molecular weight excluding hydrogens is 440 g/mol. The van der Waals surface area contributed by atoms with Crippen molar-refractivity contribution in [3.8, 4) is 17.3 Å². The summed E-state index contributed by atoms with van der Waals surface area (Å²) in [5, 5.41) is 0. The number of unbranched alkanes of at least 4 members (excludes halogenated alkanes) is 12. The molecule has 0 atom stereocenters. The van der Waals surface area contributed by atoms with Gasteiger partial charge in [0.05, 0.1) is 6.61 Å². The highest BCUT2D eigenvalue weighted by Gasteiger charge is 2.14. The Morgan fingerprint density at radius 3 is 2.11 bits per heavy atom. The minimum atomic E-state index is 0.762. The van der Waals surface area contributed by atoms with E-state index in [2.05, 4.69) is 24.0 Å². The molecule has 1 saturated carbocycles. The van der Waals surface area contributed by atoms with Crippen LogP contribution in [0.3, 0.4) is 0 Å². The number of ether oxygens (including phenoxy) is 1. The molecule has 200 valence electrons. The standard InChI is InChI=1S/C33H52N2O/c1-2-3-4-5-6-7-11-15-26-31-28-34-32(30-24-16-13-17-25-30)35-33(31)36-27-20-12-9-8-10-14-21-29-22-18-19-23-29/h13,16-17,24-25,28-29H,2-12,14-15,18-23,26-27H2,1H3. The van der Waals surface area contributed by atoms with Gasteiger partial charge in [-0.25, -0.2) is 4.98 Å². The highest BCUT2D eigenvalue weighted by Crippen LogP contribution is 2.29. The molecule has 1 aromatic carbocycles. The van der Waals surface area contributed by atoms with E-state index in [0.29, 0.717) is 0 Å². The Morgan fingerprint density at radius 2 is 1.39 bits per heavy atom. The van der Waals surface area contributed by atoms with E-state index < -0.39 is 0 Å². The average molecular weight is 493 g/mol. The molecular formula is C33H52N2O. The molecule has 0 N–H and O–H groups in total. The fourth-order valence-electron chi connectivity index (χ4n) is 5.57. The van der Waals surface area contributed by atoms with Crippen LogP contribution < -0.4 is 4.74 Å². The molecule has 0 aliphatic heterocycles. The Balaban J connectivity index is 1.37. The first-order chi connectivity index (χ1) is 17.9. The van der Waals surface area contributed by atoms with Crippen LogP contribution in [0, 0.1) is 5.92 Å². The van der Waals surface area contributed by atoms with Gasteiger partial charge < -0.3 is 4.74 Å². The van der Waals surface area contributed by atoms with Crippen LogP contribution in [-0.2, 0) is 6.42 Å². The number of hydrogen-bond donors (Lipinski definition) is 0. The Morgan fingerprint density at radius 1 is 0.750 bits per heavy atom. The maximum absolute atomic E-state index is 6.27. The summed E-state index contributed by atoms with van der Waals surface area (Å²) in [6, 6.07) is 10.3. The normalized spacial score (nSPS) is 13.9. The predicted molar refractivity (Wildman–Crippen MR) is 154 cm³/mol. The molecule has 2 aromatic rings. The molecule has 3 nitrogen and oxygen atoms in total. The number of aryl methyl sites for hydroxylation is 1. The van der Waals surface area contributed by atoms with E-state index in [4.69, 9.17) is 9.72 Å². The molecule has 0 radical (unpaired) electrons. The van der Waals surface area contributed by atoms with E-state index in [-0.39, 0.29) is 0 Å². The lowest BCUT2D eigenvalue weighted by atomic mass is 9.99. The fourth-order valence-corrected chi connectivity index (χ4v) is 5.57. The van der Waals surface area contributed by atoms with E-state index in [9.17, 15) is 0 Å². The van der Waals surface area contributed by atoms with Crippen molar-refractivity contribution in [3.63, 3.8) is 0 Å². The third kappa shape index (κ3) is 11.4. The van der Waals surface area contributed by atoms with E-state index in [1.807, 2.05) is 24.4 Å². The second kappa shape index (κ2) is 18.4. The fraction of sp³-hybridized carbons (Fsp3) is 0.697. The van der Waals surface area contributed by atoms with Gasteiger partial charge in [-0.1, -0.05) is 146 Å². The first-order valence-electron chi connectivity index (χ1n) is 15.4. The van der Waals surface area contributed by atoms with Crippen LogP contribution in [0.5, 0.6) is 5.88 Å². The van der Waals surface area contributed by atoms with E-state index in [1.165, 1.54) is 121 Å². The molecule has 0 saturated heterocycles. The molecule has 1 aromatic heterocycles. The van der Waals surface area contributed by atoms with Crippen molar-refractivity contribution in [1.82, 2.24) is 9.97 Å². The highest BCUT2D eigenvalue weighted by molar-refractivity contribution is 5.55. The van der Waals surface area contributed by atoms with Gasteiger partial charge in [-0.3, -0.25) is 0 Å². The lowest BCUT2D eigenvalue weighted by Gasteiger charge is -2.12. The van der Waals surface area contributed by atoms with E-state index in [1.54, 1.807) is 0 Å². The molecule has 0 bridgehead atoms. The molecule has 1 aliphatic carbocycles. The predicted octanol–water partition coefficient (Wildman–Crippen LogP) is 10.1. The zero-order chi connectivity index (χ0) is 25.1. The second-order valence-corrected chi connectivity index (χ2v) is 11.0. The van der Waals surface area contributed by atoms with Crippen LogP contribution >= 0.6 is 0 Å². The summed E-state index contributed by atoms with van der Waals surface area (Å²) in [6.45, 7) is 3.04. The molecule has 3 heteroatoms. The van der Waals surface area contributed by atoms with Crippen LogP contribution in [0.15, 0.2) is 36.5 Å². The van der Waals surface area contributed by atoms with E-state index >= 15 is 0 Å². The van der Waals surface area contributed by atoms with Crippen LogP contribution in [0.25, 0.3) is 11.4 Å². The Labute approximate surface area is 221 Å². The van der Waals surface area contributed by atoms with Gasteiger partial charge in [0.25, 0.3) is 0 Å². The van der Waals surface area contributed by atoms with Gasteiger partial charge in [-0.15, -0.1) is 0 Å². The largest absolute Gasteiger partial charge is 0.477 e. The monoisotopic (exact) mass is 492 g/mol. The molecule has 1 heterocycles. The van der Waals surface area contributed by atoms with Crippen molar-refractivity contribution in [1.29, 1.82) is 0 Å². The van der Waals surface area contributed by atoms with Crippen molar-refractivity contribution in [2.24, 2.45) is 5.92 Å². The van der Waals surface area contributed by atoms with Crippen LogP contribution in [-0.4, -0.2) is 16.6 Å². The highest BCUT2D eigenvalue weighted by atomic mass is 16.5. The smallest absolute Gasteiger partial charge is 0.220 e. The zero-order valence-electron chi connectivity index (χ0n) is 23.2. The van der Waals surface area contributed by atoms with Crippen LogP contribution in [0.2, 0.25) is 0 Å². The first kappa shape index (κ1) is 28.7. The molecule has 0 unspecified atom stereocenters. The number of nitrogens with zero attached hydrogens (tertiary/aromatic N) is 2. The summed E-state index contributed by atoms with van der Waals surface area (Å²) >= 11 is 0. The van der Waals surface area contributed by atoms with Gasteiger partial charge in [-0.2, -0.15) is 4.98 Å². The molecule has 0 spiro atoms. The number of rotatable bonds is 20. The summed E-state index contributed by atoms with van der Waals surface area (Å²) < 4.78 is 6.27. The van der Waals surface area contributed by atoms with Gasteiger partial charge >= 0.3 is 0 Å². The lowest BCUT2D eigenvalue weighted by Crippen LogP contribution is -2.05. The van der Waals surface area contributed by atoms with Gasteiger partial charge in [0.1, 0.15) is 0 Å². The molecule has 3 rings (SSSR count). The maximum Gasteiger partial charge on any atom is 0.220 e. The van der Waals surface area contributed by atoms with Gasteiger partial charge in [0, 0.05) is 17.3 Å². The average Bonchev–Trinajstić information content (AvgIpc) is 3.44. The molecule has 0 amide bonds. The minimum Gasteiger partial charge on any atom is -0.477 e. The van der Waals surface area contributed by atoms with Gasteiger partial charge in [0.15, 0.2) is 5.82 Å². The van der Waals surface area contributed by atoms with Crippen molar-refractivity contribution in [2.45, 2.75) is 135 Å². The Hall–Kier alpha value is -1.90. The third-order valence-electron chi connectivity index (χ3n) is 7.88. The number of hydrogen-bond acceptors (Lipinski definition) is 3. The van der Waals surface area contributed by atoms with Crippen LogP contribution in [0.1, 0.15) is 134 Å². The SMILES string of the molecule is CCCCCCCCCCc1cnc(-c2ccccc2)nc1OCCCCCCCCC1CCCC1. The quantitative estimate of drug-likeness (QED) is 0.172. The number of benzene rings is 1. The van der Waals surface area contributed by atoms with Crippen molar-refractivity contribution < 1.29 is 4.74 Å². The summed E-state index contributed by atoms with van der Waals surface area (Å²) in [4.78, 5) is 9.54.